The minimum atomic E-state index is -0.131. The Morgan fingerprint density at radius 1 is 1.15 bits per heavy atom. The van der Waals surface area contributed by atoms with Crippen molar-refractivity contribution in [2.24, 2.45) is 0 Å². The van der Waals surface area contributed by atoms with Gasteiger partial charge >= 0.3 is 0 Å². The molecule has 0 radical (unpaired) electrons. The number of hydrogen-bond acceptors (Lipinski definition) is 6. The van der Waals surface area contributed by atoms with E-state index < -0.39 is 0 Å². The summed E-state index contributed by atoms with van der Waals surface area (Å²) in [5.41, 5.74) is 2.18. The average Bonchev–Trinajstić information content (AvgIpc) is 3.30. The molecule has 2 aliphatic rings. The van der Waals surface area contributed by atoms with Crippen LogP contribution in [0.5, 0.6) is 11.5 Å². The van der Waals surface area contributed by atoms with Crippen LogP contribution >= 0.6 is 0 Å². The molecule has 1 saturated carbocycles. The van der Waals surface area contributed by atoms with Crippen molar-refractivity contribution in [3.8, 4) is 11.5 Å². The highest BCUT2D eigenvalue weighted by atomic mass is 16.7. The lowest BCUT2D eigenvalue weighted by Crippen LogP contribution is -2.33. The van der Waals surface area contributed by atoms with Gasteiger partial charge in [-0.2, -0.15) is 0 Å². The summed E-state index contributed by atoms with van der Waals surface area (Å²) in [6.45, 7) is 2.65. The molecule has 2 aromatic rings. The first kappa shape index (κ1) is 16.6. The lowest BCUT2D eigenvalue weighted by Gasteiger charge is -2.13. The molecule has 2 N–H and O–H groups in total. The Kier molecular flexibility index (Phi) is 4.60. The fourth-order valence-electron chi connectivity index (χ4n) is 3.33. The van der Waals surface area contributed by atoms with Gasteiger partial charge in [-0.3, -0.25) is 4.79 Å². The minimum Gasteiger partial charge on any atom is -0.454 e. The van der Waals surface area contributed by atoms with Gasteiger partial charge in [0.25, 0.3) is 5.91 Å². The number of nitrogens with zero attached hydrogens (tertiary/aromatic N) is 2. The molecule has 0 atom stereocenters. The molecular formula is C19H22N4O3. The molecule has 136 valence electrons. The van der Waals surface area contributed by atoms with Gasteiger partial charge in [-0.05, 0) is 43.5 Å². The van der Waals surface area contributed by atoms with Crippen LogP contribution in [0.3, 0.4) is 0 Å². The highest BCUT2D eigenvalue weighted by Gasteiger charge is 2.19. The Balaban J connectivity index is 1.43. The number of amides is 1. The molecule has 26 heavy (non-hydrogen) atoms. The molecule has 1 amide bonds. The summed E-state index contributed by atoms with van der Waals surface area (Å²) < 4.78 is 10.7. The van der Waals surface area contributed by atoms with Crippen LogP contribution in [0.15, 0.2) is 24.3 Å². The molecule has 2 heterocycles. The summed E-state index contributed by atoms with van der Waals surface area (Å²) in [4.78, 5) is 21.2. The lowest BCUT2D eigenvalue weighted by molar-refractivity contribution is 0.0932. The van der Waals surface area contributed by atoms with Crippen molar-refractivity contribution in [3.05, 3.63) is 41.2 Å². The number of carbonyl (C=O) groups is 1. The third-order valence-electron chi connectivity index (χ3n) is 4.66. The van der Waals surface area contributed by atoms with Crippen molar-refractivity contribution >= 4 is 11.9 Å². The summed E-state index contributed by atoms with van der Waals surface area (Å²) in [5.74, 6) is 1.81. The van der Waals surface area contributed by atoms with E-state index in [0.717, 1.165) is 35.6 Å². The zero-order chi connectivity index (χ0) is 17.9. The topological polar surface area (TPSA) is 85.4 Å². The van der Waals surface area contributed by atoms with Gasteiger partial charge in [0.1, 0.15) is 5.69 Å². The van der Waals surface area contributed by atoms with Gasteiger partial charge in [-0.15, -0.1) is 0 Å². The molecule has 1 aromatic heterocycles. The van der Waals surface area contributed by atoms with Crippen molar-refractivity contribution in [2.75, 3.05) is 12.1 Å². The molecule has 1 aliphatic heterocycles. The Morgan fingerprint density at radius 2 is 1.96 bits per heavy atom. The molecular weight excluding hydrogens is 332 g/mol. The summed E-state index contributed by atoms with van der Waals surface area (Å²) in [6.07, 6.45) is 4.45. The predicted octanol–water partition coefficient (Wildman–Crippen LogP) is 2.80. The molecule has 0 unspecified atom stereocenters. The summed E-state index contributed by atoms with van der Waals surface area (Å²) in [6, 6.07) is 7.76. The van der Waals surface area contributed by atoms with E-state index in [0.29, 0.717) is 18.2 Å². The number of benzene rings is 1. The van der Waals surface area contributed by atoms with Gasteiger partial charge in [0.2, 0.25) is 12.7 Å². The summed E-state index contributed by atoms with van der Waals surface area (Å²) >= 11 is 0. The molecule has 7 heteroatoms. The van der Waals surface area contributed by atoms with Crippen LogP contribution < -0.4 is 20.1 Å². The minimum absolute atomic E-state index is 0.131. The fourth-order valence-corrected chi connectivity index (χ4v) is 3.33. The number of aromatic nitrogens is 2. The third kappa shape index (κ3) is 3.71. The van der Waals surface area contributed by atoms with Crippen molar-refractivity contribution in [1.29, 1.82) is 0 Å². The number of carbonyl (C=O) groups excluding carboxylic acids is 1. The van der Waals surface area contributed by atoms with E-state index in [4.69, 9.17) is 9.47 Å². The summed E-state index contributed by atoms with van der Waals surface area (Å²) in [5, 5.41) is 6.25. The second-order valence-electron chi connectivity index (χ2n) is 6.71. The Labute approximate surface area is 152 Å². The Bertz CT molecular complexity index is 818. The van der Waals surface area contributed by atoms with Crippen LogP contribution in [-0.2, 0) is 6.54 Å². The van der Waals surface area contributed by atoms with Gasteiger partial charge in [-0.1, -0.05) is 18.9 Å². The number of aryl methyl sites for hydroxylation is 1. The Morgan fingerprint density at radius 3 is 2.81 bits per heavy atom. The third-order valence-corrected chi connectivity index (χ3v) is 4.66. The SMILES string of the molecule is Cc1cc(C(=O)NC2CCCC2)nc(NCc2ccc3c(c2)OCO3)n1. The number of rotatable bonds is 5. The first-order valence-electron chi connectivity index (χ1n) is 8.96. The highest BCUT2D eigenvalue weighted by molar-refractivity contribution is 5.92. The van der Waals surface area contributed by atoms with Crippen LogP contribution in [0.25, 0.3) is 0 Å². The highest BCUT2D eigenvalue weighted by Crippen LogP contribution is 2.32. The number of nitrogens with one attached hydrogen (secondary N) is 2. The van der Waals surface area contributed by atoms with Gasteiger partial charge in [0.15, 0.2) is 11.5 Å². The summed E-state index contributed by atoms with van der Waals surface area (Å²) in [7, 11) is 0. The lowest BCUT2D eigenvalue weighted by atomic mass is 10.2. The van der Waals surface area contributed by atoms with Crippen LogP contribution in [0.1, 0.15) is 47.4 Å². The fraction of sp³-hybridized carbons (Fsp3) is 0.421. The number of anilines is 1. The quantitative estimate of drug-likeness (QED) is 0.859. The smallest absolute Gasteiger partial charge is 0.270 e. The van der Waals surface area contributed by atoms with E-state index >= 15 is 0 Å². The molecule has 7 nitrogen and oxygen atoms in total. The van der Waals surface area contributed by atoms with E-state index in [1.807, 2.05) is 25.1 Å². The van der Waals surface area contributed by atoms with Crippen molar-refractivity contribution in [1.82, 2.24) is 15.3 Å². The van der Waals surface area contributed by atoms with Crippen molar-refractivity contribution in [3.63, 3.8) is 0 Å². The van der Waals surface area contributed by atoms with Gasteiger partial charge in [0.05, 0.1) is 0 Å². The maximum Gasteiger partial charge on any atom is 0.270 e. The van der Waals surface area contributed by atoms with E-state index in [1.54, 1.807) is 6.07 Å². The molecule has 4 rings (SSSR count). The predicted molar refractivity (Wildman–Crippen MR) is 96.4 cm³/mol. The molecule has 1 fully saturated rings. The van der Waals surface area contributed by atoms with Crippen LogP contribution in [0, 0.1) is 6.92 Å². The largest absolute Gasteiger partial charge is 0.454 e. The van der Waals surface area contributed by atoms with Gasteiger partial charge in [-0.25, -0.2) is 9.97 Å². The maximum absolute atomic E-state index is 12.4. The van der Waals surface area contributed by atoms with Crippen LogP contribution in [0.4, 0.5) is 5.95 Å². The molecule has 0 bridgehead atoms. The normalized spacial score (nSPS) is 15.9. The molecule has 1 aliphatic carbocycles. The standard InChI is InChI=1S/C19H22N4O3/c1-12-8-15(18(24)22-14-4-2-3-5-14)23-19(21-12)20-10-13-6-7-16-17(9-13)26-11-25-16/h6-9,14H,2-5,10-11H2,1H3,(H,22,24)(H,20,21,23). The molecule has 0 saturated heterocycles. The zero-order valence-corrected chi connectivity index (χ0v) is 14.7. The molecule has 1 aromatic carbocycles. The van der Waals surface area contributed by atoms with E-state index in [1.165, 1.54) is 12.8 Å². The van der Waals surface area contributed by atoms with Crippen molar-refractivity contribution in [2.45, 2.75) is 45.2 Å². The second kappa shape index (κ2) is 7.19. The first-order valence-corrected chi connectivity index (χ1v) is 8.96. The van der Waals surface area contributed by atoms with E-state index in [9.17, 15) is 4.79 Å². The van der Waals surface area contributed by atoms with E-state index in [-0.39, 0.29) is 18.7 Å². The van der Waals surface area contributed by atoms with Crippen LogP contribution in [-0.4, -0.2) is 28.7 Å². The average molecular weight is 354 g/mol. The molecule has 0 spiro atoms. The monoisotopic (exact) mass is 354 g/mol. The maximum atomic E-state index is 12.4. The number of fused-ring (bicyclic) bond motifs is 1. The van der Waals surface area contributed by atoms with E-state index in [2.05, 4.69) is 20.6 Å². The Hall–Kier alpha value is -2.83. The zero-order valence-electron chi connectivity index (χ0n) is 14.7. The van der Waals surface area contributed by atoms with Gasteiger partial charge in [0, 0.05) is 18.3 Å². The number of ether oxygens (including phenoxy) is 2. The number of hydrogen-bond donors (Lipinski definition) is 2. The van der Waals surface area contributed by atoms with Crippen molar-refractivity contribution < 1.29 is 14.3 Å². The first-order chi connectivity index (χ1) is 12.7. The second-order valence-corrected chi connectivity index (χ2v) is 6.71. The van der Waals surface area contributed by atoms with Gasteiger partial charge < -0.3 is 20.1 Å². The van der Waals surface area contributed by atoms with Crippen LogP contribution in [0.2, 0.25) is 0 Å².